The largest absolute Gasteiger partial charge is 0.487 e. The van der Waals surface area contributed by atoms with Gasteiger partial charge in [-0.2, -0.15) is 0 Å². The van der Waals surface area contributed by atoms with E-state index < -0.39 is 0 Å². The molecule has 140 valence electrons. The fourth-order valence-corrected chi connectivity index (χ4v) is 3.37. The predicted molar refractivity (Wildman–Crippen MR) is 103 cm³/mol. The van der Waals surface area contributed by atoms with Crippen molar-refractivity contribution < 1.29 is 9.47 Å². The highest BCUT2D eigenvalue weighted by atomic mass is 16.5. The summed E-state index contributed by atoms with van der Waals surface area (Å²) in [6.07, 6.45) is 2.07. The van der Waals surface area contributed by atoms with Crippen molar-refractivity contribution in [2.24, 2.45) is 0 Å². The molecular weight excluding hydrogens is 326 g/mol. The molecule has 1 N–H and O–H groups in total. The summed E-state index contributed by atoms with van der Waals surface area (Å²) in [4.78, 5) is 6.63. The number of rotatable bonds is 7. The van der Waals surface area contributed by atoms with Crippen LogP contribution >= 0.6 is 0 Å². The van der Waals surface area contributed by atoms with Gasteiger partial charge in [-0.1, -0.05) is 18.2 Å². The quantitative estimate of drug-likeness (QED) is 0.827. The number of benzene rings is 1. The molecule has 0 amide bonds. The van der Waals surface area contributed by atoms with E-state index in [1.807, 2.05) is 18.2 Å². The summed E-state index contributed by atoms with van der Waals surface area (Å²) in [6, 6.07) is 10.3. The van der Waals surface area contributed by atoms with Crippen molar-refractivity contribution in [2.75, 3.05) is 33.3 Å². The lowest BCUT2D eigenvalue weighted by atomic mass is 10.1. The van der Waals surface area contributed by atoms with Crippen molar-refractivity contribution in [3.63, 3.8) is 0 Å². The molecule has 1 saturated heterocycles. The van der Waals surface area contributed by atoms with Gasteiger partial charge in [-0.3, -0.25) is 4.98 Å². The Balaban J connectivity index is 1.53. The SMILES string of the molecule is Cc1cc(CNC[C@H]2CN(C)CCO2)cc(C)c1OCc1ccccn1. The van der Waals surface area contributed by atoms with Crippen LogP contribution in [0.4, 0.5) is 0 Å². The van der Waals surface area contributed by atoms with E-state index in [2.05, 4.69) is 48.2 Å². The fraction of sp³-hybridized carbons (Fsp3) is 0.476. The molecule has 3 rings (SSSR count). The van der Waals surface area contributed by atoms with Gasteiger partial charge in [0.05, 0.1) is 18.4 Å². The van der Waals surface area contributed by atoms with Gasteiger partial charge < -0.3 is 19.7 Å². The van der Waals surface area contributed by atoms with E-state index in [1.54, 1.807) is 6.20 Å². The number of nitrogens with zero attached hydrogens (tertiary/aromatic N) is 2. The van der Waals surface area contributed by atoms with Gasteiger partial charge in [-0.05, 0) is 49.7 Å². The van der Waals surface area contributed by atoms with Crippen LogP contribution in [0, 0.1) is 13.8 Å². The highest BCUT2D eigenvalue weighted by Crippen LogP contribution is 2.25. The van der Waals surface area contributed by atoms with Crippen molar-refractivity contribution >= 4 is 0 Å². The molecule has 0 radical (unpaired) electrons. The number of likely N-dealkylation sites (N-methyl/N-ethyl adjacent to an activating group) is 1. The van der Waals surface area contributed by atoms with Gasteiger partial charge in [-0.15, -0.1) is 0 Å². The standard InChI is InChI=1S/C21H29N3O2/c1-16-10-18(12-22-13-20-14-24(3)8-9-25-20)11-17(2)21(16)26-15-19-6-4-5-7-23-19/h4-7,10-11,20,22H,8-9,12-15H2,1-3H3/t20-/m0/s1. The van der Waals surface area contributed by atoms with Crippen LogP contribution in [0.5, 0.6) is 5.75 Å². The fourth-order valence-electron chi connectivity index (χ4n) is 3.37. The normalized spacial score (nSPS) is 18.0. The lowest BCUT2D eigenvalue weighted by Gasteiger charge is -2.30. The zero-order valence-electron chi connectivity index (χ0n) is 16.0. The van der Waals surface area contributed by atoms with E-state index in [1.165, 1.54) is 5.56 Å². The van der Waals surface area contributed by atoms with E-state index >= 15 is 0 Å². The lowest BCUT2D eigenvalue weighted by Crippen LogP contribution is -2.44. The molecule has 0 bridgehead atoms. The van der Waals surface area contributed by atoms with Crippen LogP contribution < -0.4 is 10.1 Å². The molecule has 0 unspecified atom stereocenters. The molecular formula is C21H29N3O2. The van der Waals surface area contributed by atoms with Crippen LogP contribution in [0.15, 0.2) is 36.5 Å². The Morgan fingerprint density at radius 2 is 2.08 bits per heavy atom. The number of hydrogen-bond donors (Lipinski definition) is 1. The monoisotopic (exact) mass is 355 g/mol. The molecule has 0 aliphatic carbocycles. The summed E-state index contributed by atoms with van der Waals surface area (Å²) in [5, 5.41) is 3.52. The molecule has 1 aliphatic rings. The van der Waals surface area contributed by atoms with Gasteiger partial charge in [0, 0.05) is 32.4 Å². The van der Waals surface area contributed by atoms with Crippen molar-refractivity contribution in [1.82, 2.24) is 15.2 Å². The van der Waals surface area contributed by atoms with Crippen molar-refractivity contribution in [2.45, 2.75) is 33.1 Å². The maximum Gasteiger partial charge on any atom is 0.130 e. The molecule has 1 aliphatic heterocycles. The zero-order valence-corrected chi connectivity index (χ0v) is 16.0. The molecule has 2 heterocycles. The van der Waals surface area contributed by atoms with E-state index in [-0.39, 0.29) is 6.10 Å². The first kappa shape index (κ1) is 18.8. The van der Waals surface area contributed by atoms with Gasteiger partial charge >= 0.3 is 0 Å². The van der Waals surface area contributed by atoms with Crippen LogP contribution in [0.1, 0.15) is 22.4 Å². The van der Waals surface area contributed by atoms with Crippen molar-refractivity contribution in [3.8, 4) is 5.75 Å². The van der Waals surface area contributed by atoms with Gasteiger partial charge in [0.25, 0.3) is 0 Å². The second-order valence-corrected chi connectivity index (χ2v) is 7.05. The molecule has 1 aromatic heterocycles. The molecule has 1 atom stereocenters. The first-order chi connectivity index (χ1) is 12.6. The maximum absolute atomic E-state index is 6.01. The first-order valence-electron chi connectivity index (χ1n) is 9.25. The topological polar surface area (TPSA) is 46.6 Å². The average molecular weight is 355 g/mol. The van der Waals surface area contributed by atoms with Crippen LogP contribution in [-0.2, 0) is 17.9 Å². The summed E-state index contributed by atoms with van der Waals surface area (Å²) in [5.41, 5.74) is 4.53. The highest BCUT2D eigenvalue weighted by Gasteiger charge is 2.17. The molecule has 0 spiro atoms. The van der Waals surface area contributed by atoms with Crippen LogP contribution in [0.2, 0.25) is 0 Å². The Hall–Kier alpha value is -1.95. The first-order valence-corrected chi connectivity index (χ1v) is 9.25. The van der Waals surface area contributed by atoms with Crippen LogP contribution in [-0.4, -0.2) is 49.3 Å². The number of pyridine rings is 1. The van der Waals surface area contributed by atoms with Gasteiger partial charge in [0.2, 0.25) is 0 Å². The van der Waals surface area contributed by atoms with Crippen LogP contribution in [0.25, 0.3) is 0 Å². The molecule has 2 aromatic rings. The summed E-state index contributed by atoms with van der Waals surface area (Å²) < 4.78 is 11.8. The Kier molecular flexibility index (Phi) is 6.61. The Labute approximate surface area is 156 Å². The molecule has 0 saturated carbocycles. The third-order valence-electron chi connectivity index (χ3n) is 4.65. The minimum atomic E-state index is 0.275. The minimum Gasteiger partial charge on any atom is -0.487 e. The zero-order chi connectivity index (χ0) is 18.4. The van der Waals surface area contributed by atoms with Gasteiger partial charge in [0.15, 0.2) is 0 Å². The van der Waals surface area contributed by atoms with E-state index in [0.717, 1.165) is 55.4 Å². The number of ether oxygens (including phenoxy) is 2. The molecule has 1 aromatic carbocycles. The highest BCUT2D eigenvalue weighted by molar-refractivity contribution is 5.43. The summed E-state index contributed by atoms with van der Waals surface area (Å²) >= 11 is 0. The predicted octanol–water partition coefficient (Wildman–Crippen LogP) is 2.70. The summed E-state index contributed by atoms with van der Waals surface area (Å²) in [6.45, 7) is 9.25. The molecule has 26 heavy (non-hydrogen) atoms. The maximum atomic E-state index is 6.01. The van der Waals surface area contributed by atoms with Crippen LogP contribution in [0.3, 0.4) is 0 Å². The van der Waals surface area contributed by atoms with E-state index in [4.69, 9.17) is 9.47 Å². The third-order valence-corrected chi connectivity index (χ3v) is 4.65. The number of aryl methyl sites for hydroxylation is 2. The second-order valence-electron chi connectivity index (χ2n) is 7.05. The summed E-state index contributed by atoms with van der Waals surface area (Å²) in [5.74, 6) is 0.955. The van der Waals surface area contributed by atoms with E-state index in [9.17, 15) is 0 Å². The average Bonchev–Trinajstić information content (AvgIpc) is 2.62. The Morgan fingerprint density at radius 3 is 2.77 bits per heavy atom. The Morgan fingerprint density at radius 1 is 1.27 bits per heavy atom. The number of morpholine rings is 1. The smallest absolute Gasteiger partial charge is 0.130 e. The molecule has 5 nitrogen and oxygen atoms in total. The Bertz CT molecular complexity index is 683. The van der Waals surface area contributed by atoms with Crippen molar-refractivity contribution in [3.05, 3.63) is 58.9 Å². The third kappa shape index (κ3) is 5.27. The molecule has 1 fully saturated rings. The van der Waals surface area contributed by atoms with Gasteiger partial charge in [-0.25, -0.2) is 0 Å². The van der Waals surface area contributed by atoms with Crippen molar-refractivity contribution in [1.29, 1.82) is 0 Å². The number of hydrogen-bond acceptors (Lipinski definition) is 5. The second kappa shape index (κ2) is 9.12. The summed E-state index contributed by atoms with van der Waals surface area (Å²) in [7, 11) is 2.14. The van der Waals surface area contributed by atoms with Gasteiger partial charge in [0.1, 0.15) is 12.4 Å². The number of nitrogens with one attached hydrogen (secondary N) is 1. The number of aromatic nitrogens is 1. The molecule has 5 heteroatoms. The lowest BCUT2D eigenvalue weighted by molar-refractivity contribution is -0.0182. The van der Waals surface area contributed by atoms with E-state index in [0.29, 0.717) is 6.61 Å². The minimum absolute atomic E-state index is 0.275.